The molecule has 12 heavy (non-hydrogen) atoms. The quantitative estimate of drug-likeness (QED) is 0.585. The minimum Gasteiger partial charge on any atom is -0.382 e. The van der Waals surface area contributed by atoms with E-state index in [1.54, 1.807) is 0 Å². The van der Waals surface area contributed by atoms with Crippen LogP contribution in [0.25, 0.3) is 0 Å². The van der Waals surface area contributed by atoms with Gasteiger partial charge < -0.3 is 5.32 Å². The highest BCUT2D eigenvalue weighted by atomic mass is 16.1. The van der Waals surface area contributed by atoms with Crippen LogP contribution in [0.15, 0.2) is 35.6 Å². The molecule has 2 heteroatoms. The first-order valence-corrected chi connectivity index (χ1v) is 4.10. The molecule has 2 rings (SSSR count). The van der Waals surface area contributed by atoms with Crippen molar-refractivity contribution in [2.45, 2.75) is 13.0 Å². The number of carbonyl (C=O) groups excluding carboxylic acids is 1. The molecule has 62 valence electrons. The third kappa shape index (κ3) is 0.998. The molecule has 0 aromatic carbocycles. The first-order valence-electron chi connectivity index (χ1n) is 4.10. The summed E-state index contributed by atoms with van der Waals surface area (Å²) >= 11 is 0. The van der Waals surface area contributed by atoms with Gasteiger partial charge in [-0.25, -0.2) is 0 Å². The Morgan fingerprint density at radius 1 is 1.58 bits per heavy atom. The fraction of sp³-hybridized carbons (Fsp3) is 0.300. The Bertz CT molecular complexity index is 299. The number of nitrogens with one attached hydrogen (secondary N) is 1. The van der Waals surface area contributed by atoms with Crippen LogP contribution < -0.4 is 5.32 Å². The van der Waals surface area contributed by atoms with Crippen LogP contribution in [0, 0.1) is 5.92 Å². The van der Waals surface area contributed by atoms with Crippen LogP contribution >= 0.6 is 0 Å². The van der Waals surface area contributed by atoms with E-state index in [0.717, 1.165) is 17.6 Å². The summed E-state index contributed by atoms with van der Waals surface area (Å²) in [7, 11) is 0. The molecule has 0 aromatic heterocycles. The molecule has 2 unspecified atom stereocenters. The fourth-order valence-corrected chi connectivity index (χ4v) is 1.76. The van der Waals surface area contributed by atoms with Crippen LogP contribution in [-0.2, 0) is 4.79 Å². The van der Waals surface area contributed by atoms with Crippen LogP contribution in [0.3, 0.4) is 0 Å². The molecule has 1 aliphatic heterocycles. The van der Waals surface area contributed by atoms with E-state index in [2.05, 4.69) is 17.5 Å². The van der Waals surface area contributed by atoms with Gasteiger partial charge in [-0.2, -0.15) is 0 Å². The highest BCUT2D eigenvalue weighted by Crippen LogP contribution is 2.26. The molecule has 2 aliphatic rings. The minimum absolute atomic E-state index is 0.257. The van der Waals surface area contributed by atoms with E-state index in [9.17, 15) is 4.79 Å². The highest BCUT2D eigenvalue weighted by Gasteiger charge is 2.27. The molecule has 2 nitrogen and oxygen atoms in total. The number of fused-ring (bicyclic) bond motifs is 1. The zero-order valence-corrected chi connectivity index (χ0v) is 6.95. The second-order valence-electron chi connectivity index (χ2n) is 3.22. The van der Waals surface area contributed by atoms with Crippen molar-refractivity contribution in [3.63, 3.8) is 0 Å². The zero-order valence-electron chi connectivity index (χ0n) is 6.95. The molecule has 1 heterocycles. The monoisotopic (exact) mass is 161 g/mol. The summed E-state index contributed by atoms with van der Waals surface area (Å²) in [6.07, 6.45) is 8.95. The molecule has 0 saturated heterocycles. The third-order valence-corrected chi connectivity index (χ3v) is 2.34. The van der Waals surface area contributed by atoms with Crippen molar-refractivity contribution in [3.8, 4) is 0 Å². The predicted octanol–water partition coefficient (Wildman–Crippen LogP) is 1.17. The maximum Gasteiger partial charge on any atom is 0.146 e. The Morgan fingerprint density at radius 3 is 3.17 bits per heavy atom. The lowest BCUT2D eigenvalue weighted by atomic mass is 9.90. The summed E-state index contributed by atoms with van der Waals surface area (Å²) in [5.74, 6) is 0.257. The third-order valence-electron chi connectivity index (χ3n) is 2.34. The molecule has 0 aromatic rings. The molecule has 0 saturated carbocycles. The average Bonchev–Trinajstić information content (AvgIpc) is 2.44. The van der Waals surface area contributed by atoms with E-state index in [1.165, 1.54) is 0 Å². The fourth-order valence-electron chi connectivity index (χ4n) is 1.76. The second-order valence-corrected chi connectivity index (χ2v) is 3.22. The van der Waals surface area contributed by atoms with Gasteiger partial charge in [-0.05, 0) is 6.92 Å². The van der Waals surface area contributed by atoms with Gasteiger partial charge in [-0.3, -0.25) is 4.79 Å². The Balaban J connectivity index is 2.32. The van der Waals surface area contributed by atoms with E-state index < -0.39 is 0 Å². The van der Waals surface area contributed by atoms with Crippen LogP contribution in [0.5, 0.6) is 0 Å². The van der Waals surface area contributed by atoms with Crippen LogP contribution in [0.4, 0.5) is 0 Å². The average molecular weight is 161 g/mol. The number of hydrogen-bond acceptors (Lipinski definition) is 2. The largest absolute Gasteiger partial charge is 0.382 e. The Hall–Kier alpha value is -1.31. The van der Waals surface area contributed by atoms with Crippen LogP contribution in [0.1, 0.15) is 6.92 Å². The summed E-state index contributed by atoms with van der Waals surface area (Å²) in [6, 6.07) is 0.301. The van der Waals surface area contributed by atoms with Gasteiger partial charge >= 0.3 is 0 Å². The summed E-state index contributed by atoms with van der Waals surface area (Å²) < 4.78 is 0. The van der Waals surface area contributed by atoms with Crippen molar-refractivity contribution < 1.29 is 4.79 Å². The predicted molar refractivity (Wildman–Crippen MR) is 47.5 cm³/mol. The van der Waals surface area contributed by atoms with Crippen molar-refractivity contribution in [2.24, 2.45) is 5.92 Å². The highest BCUT2D eigenvalue weighted by molar-refractivity contribution is 5.76. The minimum atomic E-state index is 0.257. The Morgan fingerprint density at radius 2 is 2.42 bits per heavy atom. The van der Waals surface area contributed by atoms with Gasteiger partial charge in [0.15, 0.2) is 0 Å². The summed E-state index contributed by atoms with van der Waals surface area (Å²) in [5, 5.41) is 3.29. The molecular formula is C10H11NO. The van der Waals surface area contributed by atoms with Crippen LogP contribution in [0.2, 0.25) is 0 Å². The van der Waals surface area contributed by atoms with Gasteiger partial charge in [-0.15, -0.1) is 0 Å². The molecular weight excluding hydrogens is 150 g/mol. The van der Waals surface area contributed by atoms with Gasteiger partial charge in [0.25, 0.3) is 0 Å². The van der Waals surface area contributed by atoms with Crippen molar-refractivity contribution in [2.75, 3.05) is 0 Å². The lowest BCUT2D eigenvalue weighted by Gasteiger charge is -2.19. The topological polar surface area (TPSA) is 29.1 Å². The van der Waals surface area contributed by atoms with Gasteiger partial charge in [0.2, 0.25) is 0 Å². The number of rotatable bonds is 1. The van der Waals surface area contributed by atoms with Crippen molar-refractivity contribution >= 4 is 6.29 Å². The second kappa shape index (κ2) is 2.63. The van der Waals surface area contributed by atoms with Crippen molar-refractivity contribution in [3.05, 3.63) is 35.6 Å². The van der Waals surface area contributed by atoms with Crippen molar-refractivity contribution in [1.82, 2.24) is 5.32 Å². The number of hydrogen-bond donors (Lipinski definition) is 1. The lowest BCUT2D eigenvalue weighted by molar-refractivity contribution is -0.105. The van der Waals surface area contributed by atoms with E-state index in [4.69, 9.17) is 0 Å². The molecule has 0 amide bonds. The number of carbonyl (C=O) groups is 1. The molecule has 0 bridgehead atoms. The molecule has 0 fully saturated rings. The Labute approximate surface area is 71.7 Å². The smallest absolute Gasteiger partial charge is 0.146 e. The van der Waals surface area contributed by atoms with E-state index in [-0.39, 0.29) is 5.92 Å². The maximum atomic E-state index is 10.7. The standard InChI is InChI=1S/C10H11NO/c1-7-5-9-8(6-12)3-2-4-10(9)11-7/h2-6,9-11H,1H3. The zero-order chi connectivity index (χ0) is 8.55. The van der Waals surface area contributed by atoms with Gasteiger partial charge in [-0.1, -0.05) is 24.3 Å². The SMILES string of the molecule is CC1=CC2C(C=O)=CC=CC2N1. The molecule has 0 radical (unpaired) electrons. The summed E-state index contributed by atoms with van der Waals surface area (Å²) in [4.78, 5) is 10.7. The molecule has 1 aliphatic carbocycles. The first kappa shape index (κ1) is 7.35. The molecule has 0 spiro atoms. The number of allylic oxidation sites excluding steroid dienone is 3. The van der Waals surface area contributed by atoms with Crippen LogP contribution in [-0.4, -0.2) is 12.3 Å². The lowest BCUT2D eigenvalue weighted by Crippen LogP contribution is -2.28. The molecule has 1 N–H and O–H groups in total. The summed E-state index contributed by atoms with van der Waals surface area (Å²) in [6.45, 7) is 2.02. The van der Waals surface area contributed by atoms with Gasteiger partial charge in [0.1, 0.15) is 6.29 Å². The molecule has 2 atom stereocenters. The van der Waals surface area contributed by atoms with Gasteiger partial charge in [0.05, 0.1) is 6.04 Å². The summed E-state index contributed by atoms with van der Waals surface area (Å²) in [5.41, 5.74) is 2.02. The Kier molecular flexibility index (Phi) is 1.61. The maximum absolute atomic E-state index is 10.7. The van der Waals surface area contributed by atoms with E-state index in [0.29, 0.717) is 6.04 Å². The number of aldehydes is 1. The van der Waals surface area contributed by atoms with Crippen molar-refractivity contribution in [1.29, 1.82) is 0 Å². The van der Waals surface area contributed by atoms with E-state index >= 15 is 0 Å². The van der Waals surface area contributed by atoms with Gasteiger partial charge in [0, 0.05) is 17.2 Å². The normalized spacial score (nSPS) is 31.8. The van der Waals surface area contributed by atoms with E-state index in [1.807, 2.05) is 19.1 Å². The first-order chi connectivity index (χ1) is 5.81.